The van der Waals surface area contributed by atoms with Crippen molar-refractivity contribution < 1.29 is 0 Å². The van der Waals surface area contributed by atoms with Gasteiger partial charge in [-0.05, 0) is 43.0 Å². The van der Waals surface area contributed by atoms with Crippen molar-refractivity contribution in [2.24, 2.45) is 0 Å². The minimum Gasteiger partial charge on any atom is -0.245 e. The highest BCUT2D eigenvalue weighted by molar-refractivity contribution is 7.16. The maximum atomic E-state index is 4.36. The van der Waals surface area contributed by atoms with Crippen LogP contribution in [0.2, 0.25) is 0 Å². The van der Waals surface area contributed by atoms with E-state index in [2.05, 4.69) is 54.4 Å². The van der Waals surface area contributed by atoms with E-state index in [9.17, 15) is 0 Å². The number of aryl methyl sites for hydroxylation is 3. The predicted molar refractivity (Wildman–Crippen MR) is 78.2 cm³/mol. The molecule has 2 aromatic carbocycles. The van der Waals surface area contributed by atoms with Gasteiger partial charge in [-0.25, -0.2) is 4.98 Å². The zero-order chi connectivity index (χ0) is 12.4. The highest BCUT2D eigenvalue weighted by Crippen LogP contribution is 2.19. The molecule has 0 spiro atoms. The van der Waals surface area contributed by atoms with Gasteiger partial charge in [0.1, 0.15) is 0 Å². The summed E-state index contributed by atoms with van der Waals surface area (Å²) in [5.41, 5.74) is 7.13. The van der Waals surface area contributed by atoms with Crippen LogP contribution in [-0.2, 0) is 12.8 Å². The first-order valence-electron chi connectivity index (χ1n) is 6.19. The zero-order valence-electron chi connectivity index (χ0n) is 10.4. The van der Waals surface area contributed by atoms with Crippen LogP contribution in [0.3, 0.4) is 0 Å². The van der Waals surface area contributed by atoms with Crippen LogP contribution in [0, 0.1) is 6.92 Å². The summed E-state index contributed by atoms with van der Waals surface area (Å²) in [6.45, 7) is 2.12. The van der Waals surface area contributed by atoms with Crippen LogP contribution in [0.15, 0.2) is 48.0 Å². The minimum absolute atomic E-state index is 1.08. The fraction of sp³-hybridized carbons (Fsp3) is 0.188. The molecule has 0 bridgehead atoms. The second kappa shape index (κ2) is 4.91. The van der Waals surface area contributed by atoms with E-state index < -0.39 is 0 Å². The molecule has 0 saturated heterocycles. The molecule has 0 radical (unpaired) electrons. The third kappa shape index (κ3) is 2.44. The van der Waals surface area contributed by atoms with Gasteiger partial charge in [0.25, 0.3) is 0 Å². The average Bonchev–Trinajstić information content (AvgIpc) is 2.85. The topological polar surface area (TPSA) is 12.9 Å². The Kier molecular flexibility index (Phi) is 3.11. The molecule has 0 aliphatic rings. The predicted octanol–water partition coefficient (Wildman–Crippen LogP) is 4.39. The van der Waals surface area contributed by atoms with Gasteiger partial charge < -0.3 is 0 Å². The number of thiazole rings is 1. The Balaban J connectivity index is 1.74. The molecule has 0 fully saturated rings. The number of fused-ring (bicyclic) bond motifs is 1. The summed E-state index contributed by atoms with van der Waals surface area (Å²) < 4.78 is 1.27. The quantitative estimate of drug-likeness (QED) is 0.674. The van der Waals surface area contributed by atoms with E-state index in [-0.39, 0.29) is 0 Å². The number of rotatable bonds is 3. The summed E-state index contributed by atoms with van der Waals surface area (Å²) in [6.07, 6.45) is 2.17. The lowest BCUT2D eigenvalue weighted by Gasteiger charge is -2.03. The Morgan fingerprint density at radius 3 is 2.50 bits per heavy atom. The molecule has 3 aromatic rings. The van der Waals surface area contributed by atoms with E-state index >= 15 is 0 Å². The SMILES string of the molecule is Cc1ccc(CCc2ccc3scnc3c2)cc1. The molecule has 0 aliphatic carbocycles. The van der Waals surface area contributed by atoms with Gasteiger partial charge in [0.2, 0.25) is 0 Å². The van der Waals surface area contributed by atoms with E-state index in [0.29, 0.717) is 0 Å². The Morgan fingerprint density at radius 1 is 0.944 bits per heavy atom. The van der Waals surface area contributed by atoms with Crippen molar-refractivity contribution in [3.8, 4) is 0 Å². The van der Waals surface area contributed by atoms with Gasteiger partial charge in [0, 0.05) is 0 Å². The smallest absolute Gasteiger partial charge is 0.0814 e. The molecule has 90 valence electrons. The lowest BCUT2D eigenvalue weighted by molar-refractivity contribution is 0.961. The monoisotopic (exact) mass is 253 g/mol. The Morgan fingerprint density at radius 2 is 1.67 bits per heavy atom. The fourth-order valence-electron chi connectivity index (χ4n) is 2.10. The van der Waals surface area contributed by atoms with Gasteiger partial charge in [-0.1, -0.05) is 35.9 Å². The van der Waals surface area contributed by atoms with Crippen LogP contribution in [0.4, 0.5) is 0 Å². The summed E-state index contributed by atoms with van der Waals surface area (Å²) in [5, 5.41) is 0. The number of benzene rings is 2. The molecule has 2 heteroatoms. The van der Waals surface area contributed by atoms with Crippen LogP contribution < -0.4 is 0 Å². The van der Waals surface area contributed by atoms with E-state index in [1.165, 1.54) is 21.4 Å². The van der Waals surface area contributed by atoms with Crippen molar-refractivity contribution in [2.45, 2.75) is 19.8 Å². The van der Waals surface area contributed by atoms with Crippen LogP contribution in [0.5, 0.6) is 0 Å². The zero-order valence-corrected chi connectivity index (χ0v) is 11.2. The molecule has 1 nitrogen and oxygen atoms in total. The first-order chi connectivity index (χ1) is 8.81. The van der Waals surface area contributed by atoms with E-state index in [1.54, 1.807) is 11.3 Å². The van der Waals surface area contributed by atoms with Crippen LogP contribution in [0.25, 0.3) is 10.2 Å². The minimum atomic E-state index is 1.08. The number of hydrogen-bond acceptors (Lipinski definition) is 2. The molecule has 0 amide bonds. The van der Waals surface area contributed by atoms with E-state index in [0.717, 1.165) is 18.4 Å². The van der Waals surface area contributed by atoms with Crippen molar-refractivity contribution in [3.05, 3.63) is 64.7 Å². The van der Waals surface area contributed by atoms with Crippen LogP contribution >= 0.6 is 11.3 Å². The van der Waals surface area contributed by atoms with Crippen molar-refractivity contribution in [3.63, 3.8) is 0 Å². The van der Waals surface area contributed by atoms with E-state index in [4.69, 9.17) is 0 Å². The average molecular weight is 253 g/mol. The Labute approximate surface area is 111 Å². The number of hydrogen-bond donors (Lipinski definition) is 0. The van der Waals surface area contributed by atoms with Crippen LogP contribution in [-0.4, -0.2) is 4.98 Å². The summed E-state index contributed by atoms with van der Waals surface area (Å²) in [6, 6.07) is 15.4. The van der Waals surface area contributed by atoms with Gasteiger partial charge in [-0.2, -0.15) is 0 Å². The van der Waals surface area contributed by atoms with Gasteiger partial charge in [-0.3, -0.25) is 0 Å². The van der Waals surface area contributed by atoms with E-state index in [1.807, 2.05) is 5.51 Å². The van der Waals surface area contributed by atoms with Crippen molar-refractivity contribution >= 4 is 21.6 Å². The molecular formula is C16H15NS. The van der Waals surface area contributed by atoms with Gasteiger partial charge >= 0.3 is 0 Å². The van der Waals surface area contributed by atoms with Gasteiger partial charge in [0.15, 0.2) is 0 Å². The largest absolute Gasteiger partial charge is 0.245 e. The highest BCUT2D eigenvalue weighted by Gasteiger charge is 2.00. The van der Waals surface area contributed by atoms with Crippen molar-refractivity contribution in [1.29, 1.82) is 0 Å². The highest BCUT2D eigenvalue weighted by atomic mass is 32.1. The Hall–Kier alpha value is -1.67. The first kappa shape index (κ1) is 11.4. The maximum Gasteiger partial charge on any atom is 0.0814 e. The molecule has 0 N–H and O–H groups in total. The third-order valence-electron chi connectivity index (χ3n) is 3.22. The summed E-state index contributed by atoms with van der Waals surface area (Å²) >= 11 is 1.70. The second-order valence-electron chi connectivity index (χ2n) is 4.64. The molecule has 0 saturated carbocycles. The van der Waals surface area contributed by atoms with Crippen molar-refractivity contribution in [2.75, 3.05) is 0 Å². The molecule has 18 heavy (non-hydrogen) atoms. The number of nitrogens with zero attached hydrogens (tertiary/aromatic N) is 1. The second-order valence-corrected chi connectivity index (χ2v) is 5.53. The van der Waals surface area contributed by atoms with Gasteiger partial charge in [-0.15, -0.1) is 11.3 Å². The standard InChI is InChI=1S/C16H15NS/c1-12-2-4-13(5-3-12)6-7-14-8-9-16-15(10-14)17-11-18-16/h2-5,8-11H,6-7H2,1H3. The molecule has 0 aliphatic heterocycles. The normalized spacial score (nSPS) is 10.9. The number of aromatic nitrogens is 1. The lowest BCUT2D eigenvalue weighted by atomic mass is 10.0. The third-order valence-corrected chi connectivity index (χ3v) is 4.03. The molecule has 1 heterocycles. The van der Waals surface area contributed by atoms with Crippen molar-refractivity contribution in [1.82, 2.24) is 4.98 Å². The molecule has 3 rings (SSSR count). The molecule has 0 atom stereocenters. The Bertz CT molecular complexity index is 652. The molecular weight excluding hydrogens is 238 g/mol. The summed E-state index contributed by atoms with van der Waals surface area (Å²) in [5.74, 6) is 0. The fourth-order valence-corrected chi connectivity index (χ4v) is 2.76. The molecule has 0 unspecified atom stereocenters. The maximum absolute atomic E-state index is 4.36. The summed E-state index contributed by atoms with van der Waals surface area (Å²) in [7, 11) is 0. The van der Waals surface area contributed by atoms with Gasteiger partial charge in [0.05, 0.1) is 15.7 Å². The molecule has 1 aromatic heterocycles. The first-order valence-corrected chi connectivity index (χ1v) is 7.07. The summed E-state index contributed by atoms with van der Waals surface area (Å²) in [4.78, 5) is 4.36. The lowest BCUT2D eigenvalue weighted by Crippen LogP contribution is -1.91. The van der Waals surface area contributed by atoms with Crippen LogP contribution in [0.1, 0.15) is 16.7 Å².